The van der Waals surface area contributed by atoms with E-state index in [4.69, 9.17) is 0 Å². The predicted octanol–water partition coefficient (Wildman–Crippen LogP) is 5.51. The maximum absolute atomic E-state index is 10.2. The second kappa shape index (κ2) is 8.13. The molecule has 1 heterocycles. The van der Waals surface area contributed by atoms with E-state index >= 15 is 0 Å². The van der Waals surface area contributed by atoms with Crippen LogP contribution in [0.1, 0.15) is 65.6 Å². The van der Waals surface area contributed by atoms with Crippen molar-refractivity contribution in [3.63, 3.8) is 0 Å². The Morgan fingerprint density at radius 1 is 1.38 bits per heavy atom. The Morgan fingerprint density at radius 2 is 2.17 bits per heavy atom. The van der Waals surface area contributed by atoms with Crippen LogP contribution < -0.4 is 0 Å². The minimum atomic E-state index is 0.133. The molecule has 1 aliphatic rings. The molecule has 0 spiro atoms. The number of allylic oxidation sites excluding steroid dienone is 7. The third-order valence-corrected chi connectivity index (χ3v) is 4.68. The molecule has 130 valence electrons. The lowest BCUT2D eigenvalue weighted by Gasteiger charge is -2.33. The molecule has 0 atom stereocenters. The van der Waals surface area contributed by atoms with Gasteiger partial charge in [-0.25, -0.2) is 4.98 Å². The molecule has 0 bridgehead atoms. The topological polar surface area (TPSA) is 61.8 Å². The van der Waals surface area contributed by atoms with Gasteiger partial charge in [-0.05, 0) is 62.2 Å². The number of nitrogens with one attached hydrogen (secondary N) is 1. The van der Waals surface area contributed by atoms with Crippen molar-refractivity contribution in [1.82, 2.24) is 15.2 Å². The SMILES string of the molecule is CC(/C=C/C=C(\C)CCC1=C(O)CCCC1(C)C)=C\c1nc[nH]n1. The van der Waals surface area contributed by atoms with Crippen LogP contribution in [-0.4, -0.2) is 20.3 Å². The van der Waals surface area contributed by atoms with Crippen LogP contribution in [0.5, 0.6) is 0 Å². The van der Waals surface area contributed by atoms with E-state index in [1.165, 1.54) is 17.6 Å². The largest absolute Gasteiger partial charge is 0.512 e. The molecule has 4 nitrogen and oxygen atoms in total. The zero-order valence-electron chi connectivity index (χ0n) is 15.3. The molecule has 0 saturated heterocycles. The van der Waals surface area contributed by atoms with Gasteiger partial charge in [0.2, 0.25) is 0 Å². The van der Waals surface area contributed by atoms with Gasteiger partial charge in [-0.15, -0.1) is 0 Å². The second-order valence-electron chi connectivity index (χ2n) is 7.28. The molecular formula is C20H29N3O. The maximum atomic E-state index is 10.2. The first-order chi connectivity index (χ1) is 11.4. The normalized spacial score (nSPS) is 19.3. The number of aliphatic hydroxyl groups excluding tert-OH is 1. The zero-order chi connectivity index (χ0) is 17.6. The minimum Gasteiger partial charge on any atom is -0.512 e. The molecule has 0 fully saturated rings. The van der Waals surface area contributed by atoms with Gasteiger partial charge < -0.3 is 5.11 Å². The monoisotopic (exact) mass is 327 g/mol. The van der Waals surface area contributed by atoms with Crippen LogP contribution in [0.4, 0.5) is 0 Å². The maximum Gasteiger partial charge on any atom is 0.173 e. The average molecular weight is 327 g/mol. The molecule has 0 saturated carbocycles. The summed E-state index contributed by atoms with van der Waals surface area (Å²) in [7, 11) is 0. The molecule has 0 aliphatic heterocycles. The van der Waals surface area contributed by atoms with E-state index in [1.807, 2.05) is 13.0 Å². The number of aromatic amines is 1. The van der Waals surface area contributed by atoms with Crippen molar-refractivity contribution in [2.24, 2.45) is 5.41 Å². The summed E-state index contributed by atoms with van der Waals surface area (Å²) in [6.45, 7) is 8.66. The van der Waals surface area contributed by atoms with E-state index in [-0.39, 0.29) is 5.41 Å². The lowest BCUT2D eigenvalue weighted by Crippen LogP contribution is -2.21. The van der Waals surface area contributed by atoms with E-state index in [0.717, 1.165) is 31.3 Å². The van der Waals surface area contributed by atoms with Gasteiger partial charge in [-0.2, -0.15) is 5.10 Å². The van der Waals surface area contributed by atoms with Gasteiger partial charge >= 0.3 is 0 Å². The van der Waals surface area contributed by atoms with Crippen molar-refractivity contribution in [3.05, 3.63) is 52.9 Å². The number of H-pyrrole nitrogens is 1. The van der Waals surface area contributed by atoms with Gasteiger partial charge in [0.15, 0.2) is 5.82 Å². The highest BCUT2D eigenvalue weighted by molar-refractivity contribution is 5.48. The molecule has 0 aromatic carbocycles. The van der Waals surface area contributed by atoms with Crippen LogP contribution in [0, 0.1) is 5.41 Å². The van der Waals surface area contributed by atoms with Crippen LogP contribution >= 0.6 is 0 Å². The number of hydrogen-bond acceptors (Lipinski definition) is 3. The van der Waals surface area contributed by atoms with Gasteiger partial charge in [0.05, 0.1) is 5.76 Å². The van der Waals surface area contributed by atoms with Crippen molar-refractivity contribution in [2.45, 2.75) is 59.8 Å². The number of aliphatic hydroxyl groups is 1. The van der Waals surface area contributed by atoms with Crippen molar-refractivity contribution in [3.8, 4) is 0 Å². The number of hydrogen-bond donors (Lipinski definition) is 2. The van der Waals surface area contributed by atoms with E-state index in [9.17, 15) is 5.11 Å². The molecule has 0 unspecified atom stereocenters. The lowest BCUT2D eigenvalue weighted by atomic mass is 9.73. The predicted molar refractivity (Wildman–Crippen MR) is 99.5 cm³/mol. The Hall–Kier alpha value is -2.10. The quantitative estimate of drug-likeness (QED) is 0.677. The fraction of sp³-hybridized carbons (Fsp3) is 0.500. The average Bonchev–Trinajstić information content (AvgIpc) is 2.98. The first-order valence-electron chi connectivity index (χ1n) is 8.68. The van der Waals surface area contributed by atoms with Crippen molar-refractivity contribution >= 4 is 6.08 Å². The lowest BCUT2D eigenvalue weighted by molar-refractivity contribution is 0.277. The van der Waals surface area contributed by atoms with Crippen molar-refractivity contribution < 1.29 is 5.11 Å². The highest BCUT2D eigenvalue weighted by atomic mass is 16.3. The molecule has 0 radical (unpaired) electrons. The highest BCUT2D eigenvalue weighted by Crippen LogP contribution is 2.41. The third kappa shape index (κ3) is 5.22. The molecule has 4 heteroatoms. The summed E-state index contributed by atoms with van der Waals surface area (Å²) in [5.74, 6) is 1.32. The minimum absolute atomic E-state index is 0.133. The number of rotatable bonds is 6. The van der Waals surface area contributed by atoms with Gasteiger partial charge in [0, 0.05) is 6.42 Å². The van der Waals surface area contributed by atoms with Gasteiger partial charge in [0.25, 0.3) is 0 Å². The Labute approximate surface area is 145 Å². The fourth-order valence-corrected chi connectivity index (χ4v) is 3.18. The Balaban J connectivity index is 1.91. The number of aromatic nitrogens is 3. The van der Waals surface area contributed by atoms with E-state index < -0.39 is 0 Å². The molecule has 0 amide bonds. The molecule has 24 heavy (non-hydrogen) atoms. The third-order valence-electron chi connectivity index (χ3n) is 4.68. The first-order valence-corrected chi connectivity index (χ1v) is 8.68. The van der Waals surface area contributed by atoms with Crippen LogP contribution in [0.3, 0.4) is 0 Å². The highest BCUT2D eigenvalue weighted by Gasteiger charge is 2.29. The fourth-order valence-electron chi connectivity index (χ4n) is 3.18. The van der Waals surface area contributed by atoms with Crippen molar-refractivity contribution in [1.29, 1.82) is 0 Å². The van der Waals surface area contributed by atoms with Crippen molar-refractivity contribution in [2.75, 3.05) is 0 Å². The molecule has 1 aliphatic carbocycles. The summed E-state index contributed by atoms with van der Waals surface area (Å²) in [5.41, 5.74) is 3.80. The van der Waals surface area contributed by atoms with E-state index in [0.29, 0.717) is 11.6 Å². The Kier molecular flexibility index (Phi) is 6.18. The first kappa shape index (κ1) is 18.2. The number of nitrogens with zero attached hydrogens (tertiary/aromatic N) is 2. The summed E-state index contributed by atoms with van der Waals surface area (Å²) in [5, 5.41) is 16.9. The standard InChI is InChI=1S/C20H29N3O/c1-15(7-5-8-16(2)13-19-21-14-22-23-19)10-11-17-18(24)9-6-12-20(17,3)4/h5,7-8,13-14,24H,6,9-12H2,1-4H3,(H,21,22,23)/b8-5+,15-7+,16-13+. The summed E-state index contributed by atoms with van der Waals surface area (Å²) in [6, 6.07) is 0. The molecule has 1 aromatic rings. The Bertz CT molecular complexity index is 661. The molecule has 1 aromatic heterocycles. The summed E-state index contributed by atoms with van der Waals surface area (Å²) < 4.78 is 0. The van der Waals surface area contributed by atoms with Crippen LogP contribution in [-0.2, 0) is 0 Å². The molecule has 2 rings (SSSR count). The molecule has 2 N–H and O–H groups in total. The van der Waals surface area contributed by atoms with Crippen LogP contribution in [0.15, 0.2) is 47.0 Å². The van der Waals surface area contributed by atoms with E-state index in [2.05, 4.69) is 54.2 Å². The summed E-state index contributed by atoms with van der Waals surface area (Å²) >= 11 is 0. The summed E-state index contributed by atoms with van der Waals surface area (Å²) in [6.07, 6.45) is 14.8. The smallest absolute Gasteiger partial charge is 0.173 e. The van der Waals surface area contributed by atoms with Gasteiger partial charge in [-0.1, -0.05) is 37.6 Å². The molecular weight excluding hydrogens is 298 g/mol. The second-order valence-corrected chi connectivity index (χ2v) is 7.28. The van der Waals surface area contributed by atoms with Crippen LogP contribution in [0.25, 0.3) is 6.08 Å². The van der Waals surface area contributed by atoms with E-state index in [1.54, 1.807) is 6.33 Å². The Morgan fingerprint density at radius 3 is 2.83 bits per heavy atom. The van der Waals surface area contributed by atoms with Gasteiger partial charge in [-0.3, -0.25) is 5.10 Å². The summed E-state index contributed by atoms with van der Waals surface area (Å²) in [4.78, 5) is 4.08. The van der Waals surface area contributed by atoms with Gasteiger partial charge in [0.1, 0.15) is 6.33 Å². The zero-order valence-corrected chi connectivity index (χ0v) is 15.3. The van der Waals surface area contributed by atoms with Crippen LogP contribution in [0.2, 0.25) is 0 Å².